The van der Waals surface area contributed by atoms with Gasteiger partial charge in [-0.3, -0.25) is 14.5 Å². The van der Waals surface area contributed by atoms with Crippen LogP contribution >= 0.6 is 34.5 Å². The summed E-state index contributed by atoms with van der Waals surface area (Å²) >= 11 is 13.3. The van der Waals surface area contributed by atoms with Gasteiger partial charge < -0.3 is 10.4 Å². The Bertz CT molecular complexity index is 588. The van der Waals surface area contributed by atoms with E-state index in [1.54, 1.807) is 0 Å². The van der Waals surface area contributed by atoms with Crippen molar-refractivity contribution in [1.29, 1.82) is 0 Å². The zero-order valence-electron chi connectivity index (χ0n) is 13.6. The van der Waals surface area contributed by atoms with Gasteiger partial charge in [0.2, 0.25) is 5.91 Å². The molecule has 24 heavy (non-hydrogen) atoms. The SMILES string of the molecule is CCN(CC(=O)O)C1CC(NC(=O)CCCc2cc(Cl)sc2Cl)C1. The molecule has 0 unspecified atom stereocenters. The predicted molar refractivity (Wildman–Crippen MR) is 97.1 cm³/mol. The van der Waals surface area contributed by atoms with Crippen LogP contribution in [0.3, 0.4) is 0 Å². The molecule has 134 valence electrons. The highest BCUT2D eigenvalue weighted by atomic mass is 35.5. The first-order valence-corrected chi connectivity index (χ1v) is 9.65. The van der Waals surface area contributed by atoms with E-state index in [1.807, 2.05) is 17.9 Å². The molecule has 2 rings (SSSR count). The molecule has 0 atom stereocenters. The van der Waals surface area contributed by atoms with Gasteiger partial charge in [-0.25, -0.2) is 0 Å². The maximum atomic E-state index is 12.0. The number of aryl methyl sites for hydroxylation is 1. The van der Waals surface area contributed by atoms with Crippen molar-refractivity contribution >= 4 is 46.4 Å². The fourth-order valence-electron chi connectivity index (χ4n) is 2.96. The molecule has 0 spiro atoms. The maximum Gasteiger partial charge on any atom is 0.317 e. The second-order valence-electron chi connectivity index (χ2n) is 6.05. The van der Waals surface area contributed by atoms with E-state index in [0.717, 1.165) is 31.2 Å². The number of thiophene rings is 1. The Hall–Kier alpha value is -0.820. The van der Waals surface area contributed by atoms with E-state index in [1.165, 1.54) is 11.3 Å². The van der Waals surface area contributed by atoms with Crippen LogP contribution in [0.1, 0.15) is 38.2 Å². The Morgan fingerprint density at radius 2 is 2.12 bits per heavy atom. The Balaban J connectivity index is 1.64. The molecule has 5 nitrogen and oxygen atoms in total. The highest BCUT2D eigenvalue weighted by Crippen LogP contribution is 2.32. The number of carboxylic acids is 1. The summed E-state index contributed by atoms with van der Waals surface area (Å²) in [5.41, 5.74) is 0.996. The van der Waals surface area contributed by atoms with E-state index in [0.29, 0.717) is 21.6 Å². The first kappa shape index (κ1) is 19.5. The van der Waals surface area contributed by atoms with Crippen LogP contribution in [0.25, 0.3) is 0 Å². The Morgan fingerprint density at radius 3 is 2.67 bits per heavy atom. The van der Waals surface area contributed by atoms with Crippen LogP contribution in [0.5, 0.6) is 0 Å². The lowest BCUT2D eigenvalue weighted by Gasteiger charge is -2.42. The lowest BCUT2D eigenvalue weighted by Crippen LogP contribution is -2.54. The molecule has 1 aromatic heterocycles. The highest BCUT2D eigenvalue weighted by molar-refractivity contribution is 7.20. The maximum absolute atomic E-state index is 12.0. The Kier molecular flexibility index (Phi) is 7.34. The minimum Gasteiger partial charge on any atom is -0.480 e. The largest absolute Gasteiger partial charge is 0.480 e. The molecule has 1 aliphatic rings. The van der Waals surface area contributed by atoms with Crippen LogP contribution in [-0.2, 0) is 16.0 Å². The third-order valence-electron chi connectivity index (χ3n) is 4.32. The third kappa shape index (κ3) is 5.62. The van der Waals surface area contributed by atoms with Crippen molar-refractivity contribution in [3.8, 4) is 0 Å². The molecule has 0 aromatic carbocycles. The van der Waals surface area contributed by atoms with Gasteiger partial charge in [0.15, 0.2) is 0 Å². The van der Waals surface area contributed by atoms with Gasteiger partial charge in [0.05, 0.1) is 15.2 Å². The molecular weight excluding hydrogens is 371 g/mol. The van der Waals surface area contributed by atoms with Crippen LogP contribution in [0, 0.1) is 0 Å². The minimum atomic E-state index is -0.809. The summed E-state index contributed by atoms with van der Waals surface area (Å²) in [5.74, 6) is -0.770. The molecule has 0 bridgehead atoms. The van der Waals surface area contributed by atoms with E-state index < -0.39 is 5.97 Å². The van der Waals surface area contributed by atoms with Gasteiger partial charge in [-0.05, 0) is 43.9 Å². The predicted octanol–water partition coefficient (Wildman–Crippen LogP) is 3.43. The Labute approximate surface area is 155 Å². The van der Waals surface area contributed by atoms with Gasteiger partial charge in [-0.1, -0.05) is 30.1 Å². The van der Waals surface area contributed by atoms with Crippen molar-refractivity contribution < 1.29 is 14.7 Å². The number of rotatable bonds is 9. The van der Waals surface area contributed by atoms with Crippen molar-refractivity contribution in [3.63, 3.8) is 0 Å². The first-order valence-electron chi connectivity index (χ1n) is 8.08. The van der Waals surface area contributed by atoms with Crippen LogP contribution in [0.2, 0.25) is 8.67 Å². The average Bonchev–Trinajstić information content (AvgIpc) is 2.78. The molecule has 0 saturated heterocycles. The molecule has 0 radical (unpaired) electrons. The number of nitrogens with zero attached hydrogens (tertiary/aromatic N) is 1. The minimum absolute atomic E-state index is 0.0391. The van der Waals surface area contributed by atoms with E-state index in [-0.39, 0.29) is 24.5 Å². The van der Waals surface area contributed by atoms with Crippen molar-refractivity contribution in [1.82, 2.24) is 10.2 Å². The molecule has 1 amide bonds. The van der Waals surface area contributed by atoms with E-state index in [2.05, 4.69) is 5.32 Å². The molecule has 1 fully saturated rings. The summed E-state index contributed by atoms with van der Waals surface area (Å²) in [6, 6.07) is 2.26. The van der Waals surface area contributed by atoms with Crippen LogP contribution in [-0.4, -0.2) is 47.1 Å². The fourth-order valence-corrected chi connectivity index (χ4v) is 4.51. The number of likely N-dealkylation sites (N-methyl/N-ethyl adjacent to an activating group) is 1. The second-order valence-corrected chi connectivity index (χ2v) is 8.34. The third-order valence-corrected chi connectivity index (χ3v) is 5.89. The van der Waals surface area contributed by atoms with Crippen LogP contribution in [0.15, 0.2) is 6.07 Å². The summed E-state index contributed by atoms with van der Waals surface area (Å²) in [6.07, 6.45) is 3.56. The van der Waals surface area contributed by atoms with E-state index in [9.17, 15) is 9.59 Å². The number of hydrogen-bond acceptors (Lipinski definition) is 4. The Morgan fingerprint density at radius 1 is 1.42 bits per heavy atom. The lowest BCUT2D eigenvalue weighted by molar-refractivity contribution is -0.139. The first-order chi connectivity index (χ1) is 11.4. The molecule has 1 heterocycles. The van der Waals surface area contributed by atoms with Crippen molar-refractivity contribution in [2.75, 3.05) is 13.1 Å². The number of halogens is 2. The number of carboxylic acid groups (broad SMARTS) is 1. The zero-order chi connectivity index (χ0) is 17.7. The number of carbonyl (C=O) groups excluding carboxylic acids is 1. The van der Waals surface area contributed by atoms with Crippen molar-refractivity contribution in [2.45, 2.75) is 51.1 Å². The fraction of sp³-hybridized carbons (Fsp3) is 0.625. The molecule has 1 saturated carbocycles. The van der Waals surface area contributed by atoms with Gasteiger partial charge >= 0.3 is 5.97 Å². The quantitative estimate of drug-likeness (QED) is 0.675. The van der Waals surface area contributed by atoms with Crippen molar-refractivity contribution in [3.05, 3.63) is 20.3 Å². The summed E-state index contributed by atoms with van der Waals surface area (Å²) in [5, 5.41) is 11.9. The smallest absolute Gasteiger partial charge is 0.317 e. The van der Waals surface area contributed by atoms with Gasteiger partial charge in [0.25, 0.3) is 0 Å². The molecule has 1 aliphatic carbocycles. The number of carbonyl (C=O) groups is 2. The molecule has 2 N–H and O–H groups in total. The monoisotopic (exact) mass is 392 g/mol. The summed E-state index contributed by atoms with van der Waals surface area (Å²) in [4.78, 5) is 24.7. The lowest BCUT2D eigenvalue weighted by atomic mass is 9.85. The summed E-state index contributed by atoms with van der Waals surface area (Å²) in [6.45, 7) is 2.73. The number of hydrogen-bond donors (Lipinski definition) is 2. The standard InChI is InChI=1S/C16H22Cl2N2O3S/c1-2-20(9-15(22)23)12-7-11(8-12)19-14(21)5-3-4-10-6-13(17)24-16(10)18/h6,11-12H,2-5,7-9H2,1H3,(H,19,21)(H,22,23). The number of aliphatic carboxylic acids is 1. The van der Waals surface area contributed by atoms with E-state index >= 15 is 0 Å². The van der Waals surface area contributed by atoms with Gasteiger partial charge in [0.1, 0.15) is 0 Å². The van der Waals surface area contributed by atoms with Crippen LogP contribution in [0.4, 0.5) is 0 Å². The topological polar surface area (TPSA) is 69.6 Å². The normalized spacial score (nSPS) is 20.0. The van der Waals surface area contributed by atoms with Gasteiger partial charge in [0, 0.05) is 18.5 Å². The van der Waals surface area contributed by atoms with Crippen LogP contribution < -0.4 is 5.32 Å². The summed E-state index contributed by atoms with van der Waals surface area (Å²) < 4.78 is 1.36. The highest BCUT2D eigenvalue weighted by Gasteiger charge is 2.34. The van der Waals surface area contributed by atoms with E-state index in [4.69, 9.17) is 28.3 Å². The zero-order valence-corrected chi connectivity index (χ0v) is 15.9. The molecular formula is C16H22Cl2N2O3S. The second kappa shape index (κ2) is 9.04. The van der Waals surface area contributed by atoms with Gasteiger partial charge in [-0.2, -0.15) is 0 Å². The number of nitrogens with one attached hydrogen (secondary N) is 1. The van der Waals surface area contributed by atoms with Crippen molar-refractivity contribution in [2.24, 2.45) is 0 Å². The molecule has 1 aromatic rings. The number of amides is 1. The van der Waals surface area contributed by atoms with Gasteiger partial charge in [-0.15, -0.1) is 11.3 Å². The molecule has 8 heteroatoms. The molecule has 0 aliphatic heterocycles. The average molecular weight is 393 g/mol. The summed E-state index contributed by atoms with van der Waals surface area (Å²) in [7, 11) is 0.